The Balaban J connectivity index is 1.37. The lowest BCUT2D eigenvalue weighted by Gasteiger charge is -2.11. The fraction of sp³-hybridized carbons (Fsp3) is 0.208. The Labute approximate surface area is 200 Å². The second-order valence-corrected chi connectivity index (χ2v) is 10.2. The number of rotatable bonds is 6. The van der Waals surface area contributed by atoms with Gasteiger partial charge in [0.15, 0.2) is 17.3 Å². The lowest BCUT2D eigenvalue weighted by molar-refractivity contribution is 0.102. The monoisotopic (exact) mass is 497 g/mol. The van der Waals surface area contributed by atoms with Crippen molar-refractivity contribution >= 4 is 38.3 Å². The van der Waals surface area contributed by atoms with Crippen molar-refractivity contribution < 1.29 is 22.0 Å². The molecule has 35 heavy (non-hydrogen) atoms. The maximum Gasteiger partial charge on any atom is 0.261 e. The van der Waals surface area contributed by atoms with Crippen molar-refractivity contribution in [1.82, 2.24) is 14.8 Å². The number of fused-ring (bicyclic) bond motifs is 1. The molecule has 0 spiro atoms. The first-order valence-electron chi connectivity index (χ1n) is 10.9. The summed E-state index contributed by atoms with van der Waals surface area (Å²) in [7, 11) is -2.33. The van der Waals surface area contributed by atoms with Gasteiger partial charge >= 0.3 is 0 Å². The highest BCUT2D eigenvalue weighted by atomic mass is 32.2. The van der Waals surface area contributed by atoms with E-state index >= 15 is 0 Å². The van der Waals surface area contributed by atoms with Gasteiger partial charge in [-0.05, 0) is 68.3 Å². The fourth-order valence-electron chi connectivity index (χ4n) is 3.91. The SMILES string of the molecule is Cc1nn(C)c2nc(C3CC3)cc(C(=O)Nc3ccc(NS(=O)(=O)c4ccc(F)c(F)c4)cc3)c12. The van der Waals surface area contributed by atoms with Gasteiger partial charge in [0.05, 0.1) is 21.5 Å². The predicted octanol–water partition coefficient (Wildman–Crippen LogP) is 4.49. The van der Waals surface area contributed by atoms with Crippen LogP contribution in [-0.2, 0) is 17.1 Å². The Kier molecular flexibility index (Phi) is 5.51. The summed E-state index contributed by atoms with van der Waals surface area (Å²) < 4.78 is 55.5. The summed E-state index contributed by atoms with van der Waals surface area (Å²) in [5, 5.41) is 7.93. The van der Waals surface area contributed by atoms with Crippen LogP contribution in [0.2, 0.25) is 0 Å². The number of pyridine rings is 1. The zero-order valence-electron chi connectivity index (χ0n) is 18.8. The molecule has 8 nitrogen and oxygen atoms in total. The number of hydrogen-bond donors (Lipinski definition) is 2. The molecule has 0 saturated heterocycles. The number of carbonyl (C=O) groups is 1. The molecular weight excluding hydrogens is 476 g/mol. The molecule has 0 atom stereocenters. The number of hydrogen-bond acceptors (Lipinski definition) is 5. The Morgan fingerprint density at radius 1 is 1.03 bits per heavy atom. The number of anilines is 2. The molecule has 1 aliphatic rings. The summed E-state index contributed by atoms with van der Waals surface area (Å²) in [4.78, 5) is 17.5. The van der Waals surface area contributed by atoms with E-state index in [0.29, 0.717) is 40.0 Å². The summed E-state index contributed by atoms with van der Waals surface area (Å²) in [5.41, 5.74) is 3.34. The van der Waals surface area contributed by atoms with Gasteiger partial charge in [0, 0.05) is 30.0 Å². The third-order valence-electron chi connectivity index (χ3n) is 5.83. The van der Waals surface area contributed by atoms with E-state index < -0.39 is 26.6 Å². The molecule has 0 aliphatic heterocycles. The summed E-state index contributed by atoms with van der Waals surface area (Å²) in [5.74, 6) is -2.38. The molecule has 1 amide bonds. The van der Waals surface area contributed by atoms with Crippen LogP contribution in [0, 0.1) is 18.6 Å². The van der Waals surface area contributed by atoms with Crippen LogP contribution >= 0.6 is 0 Å². The van der Waals surface area contributed by atoms with Crippen molar-refractivity contribution in [2.75, 3.05) is 10.0 Å². The first-order valence-corrected chi connectivity index (χ1v) is 12.3. The summed E-state index contributed by atoms with van der Waals surface area (Å²) in [6.07, 6.45) is 2.08. The number of amides is 1. The van der Waals surface area contributed by atoms with Crippen LogP contribution in [0.3, 0.4) is 0 Å². The smallest absolute Gasteiger partial charge is 0.261 e. The molecule has 5 rings (SSSR count). The van der Waals surface area contributed by atoms with Crippen molar-refractivity contribution in [3.8, 4) is 0 Å². The molecular formula is C24H21F2N5O3S. The zero-order chi connectivity index (χ0) is 24.9. The van der Waals surface area contributed by atoms with E-state index in [1.54, 1.807) is 11.7 Å². The van der Waals surface area contributed by atoms with E-state index in [2.05, 4.69) is 15.1 Å². The maximum atomic E-state index is 13.4. The Hall–Kier alpha value is -3.86. The van der Waals surface area contributed by atoms with Gasteiger partial charge in [0.1, 0.15) is 0 Å². The minimum Gasteiger partial charge on any atom is -0.322 e. The van der Waals surface area contributed by atoms with Crippen molar-refractivity contribution in [2.45, 2.75) is 30.6 Å². The summed E-state index contributed by atoms with van der Waals surface area (Å²) in [6, 6.07) is 10.1. The summed E-state index contributed by atoms with van der Waals surface area (Å²) in [6.45, 7) is 1.82. The second kappa shape index (κ2) is 8.42. The fourth-order valence-corrected chi connectivity index (χ4v) is 4.98. The van der Waals surface area contributed by atoms with Gasteiger partial charge in [0.2, 0.25) is 0 Å². The quantitative estimate of drug-likeness (QED) is 0.409. The molecule has 4 aromatic rings. The number of sulfonamides is 1. The zero-order valence-corrected chi connectivity index (χ0v) is 19.7. The van der Waals surface area contributed by atoms with Gasteiger partial charge in [-0.2, -0.15) is 5.10 Å². The van der Waals surface area contributed by atoms with Crippen LogP contribution in [-0.4, -0.2) is 29.1 Å². The number of nitrogens with one attached hydrogen (secondary N) is 2. The maximum absolute atomic E-state index is 13.4. The molecule has 2 aromatic carbocycles. The first-order chi connectivity index (χ1) is 16.6. The normalized spacial score (nSPS) is 13.7. The van der Waals surface area contributed by atoms with Gasteiger partial charge < -0.3 is 5.32 Å². The minimum absolute atomic E-state index is 0.193. The number of carbonyl (C=O) groups excluding carboxylic acids is 1. The lowest BCUT2D eigenvalue weighted by Crippen LogP contribution is -2.15. The number of aryl methyl sites for hydroxylation is 2. The van der Waals surface area contributed by atoms with Crippen molar-refractivity contribution in [1.29, 1.82) is 0 Å². The molecule has 11 heteroatoms. The number of aromatic nitrogens is 3. The Morgan fingerprint density at radius 2 is 1.71 bits per heavy atom. The average molecular weight is 498 g/mol. The molecule has 0 radical (unpaired) electrons. The van der Waals surface area contributed by atoms with Crippen LogP contribution in [0.1, 0.15) is 40.5 Å². The van der Waals surface area contributed by atoms with E-state index in [4.69, 9.17) is 4.98 Å². The van der Waals surface area contributed by atoms with E-state index in [1.807, 2.05) is 13.0 Å². The highest BCUT2D eigenvalue weighted by Gasteiger charge is 2.28. The molecule has 0 unspecified atom stereocenters. The van der Waals surface area contributed by atoms with Crippen LogP contribution in [0.25, 0.3) is 11.0 Å². The van der Waals surface area contributed by atoms with Crippen LogP contribution < -0.4 is 10.0 Å². The molecule has 2 aromatic heterocycles. The topological polar surface area (TPSA) is 106 Å². The van der Waals surface area contributed by atoms with Crippen LogP contribution in [0.4, 0.5) is 20.2 Å². The molecule has 2 N–H and O–H groups in total. The number of nitrogens with zero attached hydrogens (tertiary/aromatic N) is 3. The molecule has 180 valence electrons. The molecule has 2 heterocycles. The minimum atomic E-state index is -4.13. The highest BCUT2D eigenvalue weighted by molar-refractivity contribution is 7.92. The van der Waals surface area contributed by atoms with Crippen LogP contribution in [0.15, 0.2) is 53.4 Å². The standard InChI is InChI=1S/C24H21F2N5O3S/c1-13-22-18(12-21(14-3-4-14)28-23(22)31(2)29-13)24(32)27-15-5-7-16(8-6-15)30-35(33,34)17-9-10-19(25)20(26)11-17/h5-12,14,30H,3-4H2,1-2H3,(H,27,32). The van der Waals surface area contributed by atoms with Gasteiger partial charge in [-0.1, -0.05) is 0 Å². The van der Waals surface area contributed by atoms with Crippen molar-refractivity contribution in [2.24, 2.45) is 7.05 Å². The number of benzene rings is 2. The average Bonchev–Trinajstić information content (AvgIpc) is 3.62. The third-order valence-corrected chi connectivity index (χ3v) is 7.20. The van der Waals surface area contributed by atoms with Crippen LogP contribution in [0.5, 0.6) is 0 Å². The Bertz CT molecular complexity index is 1580. The molecule has 1 fully saturated rings. The second-order valence-electron chi connectivity index (χ2n) is 8.49. The first kappa shape index (κ1) is 22.9. The largest absolute Gasteiger partial charge is 0.322 e. The van der Waals surface area contributed by atoms with Gasteiger partial charge in [-0.3, -0.25) is 14.2 Å². The third kappa shape index (κ3) is 4.46. The van der Waals surface area contributed by atoms with Crippen molar-refractivity contribution in [3.05, 3.63) is 77.1 Å². The van der Waals surface area contributed by atoms with E-state index in [-0.39, 0.29) is 11.6 Å². The molecule has 1 aliphatic carbocycles. The number of halogens is 2. The summed E-state index contributed by atoms with van der Waals surface area (Å²) >= 11 is 0. The predicted molar refractivity (Wildman–Crippen MR) is 127 cm³/mol. The highest BCUT2D eigenvalue weighted by Crippen LogP contribution is 2.40. The van der Waals surface area contributed by atoms with Crippen molar-refractivity contribution in [3.63, 3.8) is 0 Å². The van der Waals surface area contributed by atoms with E-state index in [0.717, 1.165) is 30.7 Å². The van der Waals surface area contributed by atoms with Gasteiger partial charge in [0.25, 0.3) is 15.9 Å². The molecule has 1 saturated carbocycles. The van der Waals surface area contributed by atoms with E-state index in [1.165, 1.54) is 24.3 Å². The van der Waals surface area contributed by atoms with Gasteiger partial charge in [-0.25, -0.2) is 22.2 Å². The lowest BCUT2D eigenvalue weighted by atomic mass is 10.1. The Morgan fingerprint density at radius 3 is 2.37 bits per heavy atom. The molecule has 0 bridgehead atoms. The van der Waals surface area contributed by atoms with Gasteiger partial charge in [-0.15, -0.1) is 0 Å². The van der Waals surface area contributed by atoms with E-state index in [9.17, 15) is 22.0 Å².